The molecule has 3 aromatic rings. The Hall–Kier alpha value is -2.59. The van der Waals surface area contributed by atoms with Crippen LogP contribution in [-0.2, 0) is 12.8 Å². The first-order valence-electron chi connectivity index (χ1n) is 14.0. The summed E-state index contributed by atoms with van der Waals surface area (Å²) < 4.78 is 15.3. The molecule has 0 radical (unpaired) electrons. The highest BCUT2D eigenvalue weighted by molar-refractivity contribution is 5.85. The highest BCUT2D eigenvalue weighted by atomic mass is 19.1. The van der Waals surface area contributed by atoms with Crippen LogP contribution in [0.3, 0.4) is 0 Å². The van der Waals surface area contributed by atoms with Crippen LogP contribution in [0.25, 0.3) is 10.8 Å². The van der Waals surface area contributed by atoms with Gasteiger partial charge in [0.15, 0.2) is 0 Å². The number of fused-ring (bicyclic) bond motifs is 1. The van der Waals surface area contributed by atoms with Gasteiger partial charge in [0.25, 0.3) is 0 Å². The van der Waals surface area contributed by atoms with Gasteiger partial charge in [-0.15, -0.1) is 0 Å². The van der Waals surface area contributed by atoms with E-state index in [1.807, 2.05) is 24.3 Å². The zero-order valence-electron chi connectivity index (χ0n) is 21.7. The van der Waals surface area contributed by atoms with Crippen LogP contribution in [0.1, 0.15) is 100 Å². The number of halogens is 1. The number of hydrogen-bond donors (Lipinski definition) is 0. The van der Waals surface area contributed by atoms with Crippen LogP contribution < -0.4 is 0 Å². The van der Waals surface area contributed by atoms with E-state index < -0.39 is 0 Å². The van der Waals surface area contributed by atoms with Crippen LogP contribution in [0, 0.1) is 29.5 Å². The zero-order chi connectivity index (χ0) is 24.5. The molecule has 1 aliphatic carbocycles. The first kappa shape index (κ1) is 25.5. The van der Waals surface area contributed by atoms with Gasteiger partial charge < -0.3 is 0 Å². The molecule has 1 fully saturated rings. The topological polar surface area (TPSA) is 0 Å². The minimum Gasteiger partial charge on any atom is -0.206 e. The molecule has 4 rings (SSSR count). The summed E-state index contributed by atoms with van der Waals surface area (Å²) in [7, 11) is 0. The smallest absolute Gasteiger partial charge is 0.134 e. The van der Waals surface area contributed by atoms with E-state index in [0.717, 1.165) is 58.6 Å². The van der Waals surface area contributed by atoms with E-state index in [0.29, 0.717) is 0 Å². The fourth-order valence-corrected chi connectivity index (χ4v) is 5.66. The average Bonchev–Trinajstić information content (AvgIpc) is 2.89. The van der Waals surface area contributed by atoms with Crippen molar-refractivity contribution >= 4 is 10.8 Å². The fraction of sp³-hybridized carbons (Fsp3) is 0.471. The minimum atomic E-state index is -0.0414. The van der Waals surface area contributed by atoms with Crippen molar-refractivity contribution in [2.24, 2.45) is 11.8 Å². The van der Waals surface area contributed by atoms with Gasteiger partial charge in [0.1, 0.15) is 5.82 Å². The highest BCUT2D eigenvalue weighted by Crippen LogP contribution is 2.34. The van der Waals surface area contributed by atoms with Gasteiger partial charge in [-0.3, -0.25) is 0 Å². The summed E-state index contributed by atoms with van der Waals surface area (Å²) in [5.74, 6) is 8.19. The van der Waals surface area contributed by atoms with Gasteiger partial charge in [0.2, 0.25) is 0 Å². The fourth-order valence-electron chi connectivity index (χ4n) is 5.66. The van der Waals surface area contributed by atoms with E-state index >= 15 is 4.39 Å². The van der Waals surface area contributed by atoms with Gasteiger partial charge in [0, 0.05) is 16.5 Å². The van der Waals surface area contributed by atoms with Crippen LogP contribution in [0.5, 0.6) is 0 Å². The molecule has 0 saturated heterocycles. The van der Waals surface area contributed by atoms with Gasteiger partial charge in [0.05, 0.1) is 0 Å². The molecule has 0 nitrogen and oxygen atoms in total. The molecule has 0 aliphatic heterocycles. The minimum absolute atomic E-state index is 0.0414. The van der Waals surface area contributed by atoms with Crippen LogP contribution in [0.2, 0.25) is 0 Å². The zero-order valence-corrected chi connectivity index (χ0v) is 21.7. The Morgan fingerprint density at radius 3 is 2.11 bits per heavy atom. The third-order valence-electron chi connectivity index (χ3n) is 7.89. The first-order chi connectivity index (χ1) is 17.2. The van der Waals surface area contributed by atoms with Gasteiger partial charge >= 0.3 is 0 Å². The highest BCUT2D eigenvalue weighted by Gasteiger charge is 2.21. The van der Waals surface area contributed by atoms with E-state index in [1.54, 1.807) is 0 Å². The number of unbranched alkanes of at least 4 members (excludes halogenated alkanes) is 2. The van der Waals surface area contributed by atoms with Gasteiger partial charge in [-0.2, -0.15) is 0 Å². The summed E-state index contributed by atoms with van der Waals surface area (Å²) in [5, 5.41) is 1.65. The molecule has 0 unspecified atom stereocenters. The second-order valence-corrected chi connectivity index (χ2v) is 10.6. The summed E-state index contributed by atoms with van der Waals surface area (Å²) in [6.45, 7) is 4.52. The predicted octanol–water partition coefficient (Wildman–Crippen LogP) is 9.65. The summed E-state index contributed by atoms with van der Waals surface area (Å²) in [6.07, 6.45) is 14.9. The Morgan fingerprint density at radius 2 is 1.40 bits per heavy atom. The number of aryl methyl sites for hydroxylation is 2. The van der Waals surface area contributed by atoms with E-state index in [2.05, 4.69) is 56.0 Å². The predicted molar refractivity (Wildman–Crippen MR) is 148 cm³/mol. The molecule has 0 bridgehead atoms. The molecule has 3 aromatic carbocycles. The van der Waals surface area contributed by atoms with E-state index in [-0.39, 0.29) is 5.82 Å². The van der Waals surface area contributed by atoms with Crippen molar-refractivity contribution in [2.45, 2.75) is 90.9 Å². The number of hydrogen-bond acceptors (Lipinski definition) is 0. The molecule has 1 aliphatic rings. The van der Waals surface area contributed by atoms with Crippen molar-refractivity contribution in [1.82, 2.24) is 0 Å². The summed E-state index contributed by atoms with van der Waals surface area (Å²) in [4.78, 5) is 0. The van der Waals surface area contributed by atoms with Gasteiger partial charge in [-0.05, 0) is 78.3 Å². The van der Waals surface area contributed by atoms with Crippen LogP contribution in [-0.4, -0.2) is 0 Å². The summed E-state index contributed by atoms with van der Waals surface area (Å²) in [5.41, 5.74) is 4.20. The number of benzene rings is 3. The first-order valence-corrected chi connectivity index (χ1v) is 14.0. The van der Waals surface area contributed by atoms with Gasteiger partial charge in [-0.1, -0.05) is 107 Å². The summed E-state index contributed by atoms with van der Waals surface area (Å²) >= 11 is 0. The molecule has 184 valence electrons. The standard InChI is InChI=1S/C34H41F/c1-3-5-6-8-27-11-15-28(16-12-27)17-18-30-20-24-33-32(25-30)23-22-31(34(33)35)21-19-29-13-9-26(7-4-2)10-14-29/h11-12,15-16,20,22-26,29H,3-10,13-14,19,21H2,1-2H3. The molecule has 0 heterocycles. The Kier molecular flexibility index (Phi) is 9.42. The third kappa shape index (κ3) is 7.20. The molecule has 35 heavy (non-hydrogen) atoms. The molecule has 1 heteroatoms. The normalized spacial score (nSPS) is 17.8. The van der Waals surface area contributed by atoms with Gasteiger partial charge in [-0.25, -0.2) is 4.39 Å². The molecule has 0 spiro atoms. The van der Waals surface area contributed by atoms with Crippen molar-refractivity contribution in [3.05, 3.63) is 82.7 Å². The van der Waals surface area contributed by atoms with Crippen LogP contribution in [0.4, 0.5) is 4.39 Å². The maximum atomic E-state index is 15.3. The largest absolute Gasteiger partial charge is 0.206 e. The van der Waals surface area contributed by atoms with Crippen molar-refractivity contribution in [1.29, 1.82) is 0 Å². The lowest BCUT2D eigenvalue weighted by atomic mass is 9.78. The quantitative estimate of drug-likeness (QED) is 0.216. The summed E-state index contributed by atoms with van der Waals surface area (Å²) in [6, 6.07) is 18.5. The Labute approximate surface area is 212 Å². The number of rotatable bonds is 9. The Morgan fingerprint density at radius 1 is 0.714 bits per heavy atom. The lowest BCUT2D eigenvalue weighted by Gasteiger charge is -2.28. The molecule has 0 amide bonds. The molecule has 0 N–H and O–H groups in total. The SMILES string of the molecule is CCCCCc1ccc(C#Cc2ccc3c(F)c(CCC4CCC(CCC)CC4)ccc3c2)cc1. The van der Waals surface area contributed by atoms with Crippen molar-refractivity contribution in [3.8, 4) is 11.8 Å². The lowest BCUT2D eigenvalue weighted by Crippen LogP contribution is -2.15. The Balaban J connectivity index is 1.37. The van der Waals surface area contributed by atoms with Crippen LogP contribution >= 0.6 is 0 Å². The second kappa shape index (κ2) is 12.9. The second-order valence-electron chi connectivity index (χ2n) is 10.6. The third-order valence-corrected chi connectivity index (χ3v) is 7.89. The maximum absolute atomic E-state index is 15.3. The van der Waals surface area contributed by atoms with E-state index in [4.69, 9.17) is 0 Å². The van der Waals surface area contributed by atoms with E-state index in [9.17, 15) is 0 Å². The molecular formula is C34H41F. The maximum Gasteiger partial charge on any atom is 0.134 e. The van der Waals surface area contributed by atoms with Crippen molar-refractivity contribution in [3.63, 3.8) is 0 Å². The van der Waals surface area contributed by atoms with E-state index in [1.165, 1.54) is 63.4 Å². The average molecular weight is 469 g/mol. The Bertz CT molecular complexity index is 1140. The molecular weight excluding hydrogens is 427 g/mol. The lowest BCUT2D eigenvalue weighted by molar-refractivity contribution is 0.252. The molecule has 0 aromatic heterocycles. The van der Waals surface area contributed by atoms with Crippen molar-refractivity contribution in [2.75, 3.05) is 0 Å². The monoisotopic (exact) mass is 468 g/mol. The molecule has 0 atom stereocenters. The van der Waals surface area contributed by atoms with Crippen molar-refractivity contribution < 1.29 is 4.39 Å². The van der Waals surface area contributed by atoms with Crippen LogP contribution in [0.15, 0.2) is 54.6 Å². The molecule has 1 saturated carbocycles.